The Morgan fingerprint density at radius 2 is 1.93 bits per heavy atom. The van der Waals surface area contributed by atoms with E-state index >= 15 is 0 Å². The Hall–Kier alpha value is -3.21. The molecule has 0 bridgehead atoms. The first-order valence-corrected chi connectivity index (χ1v) is 9.83. The average Bonchev–Trinajstić information content (AvgIpc) is 3.59. The largest absolute Gasteiger partial charge is 0.489 e. The summed E-state index contributed by atoms with van der Waals surface area (Å²) in [6.45, 7) is 2.34. The second kappa shape index (κ2) is 8.43. The van der Waals surface area contributed by atoms with Crippen molar-refractivity contribution in [2.24, 2.45) is 0 Å². The summed E-state index contributed by atoms with van der Waals surface area (Å²) < 4.78 is 18.9. The lowest BCUT2D eigenvalue weighted by Crippen LogP contribution is -2.35. The van der Waals surface area contributed by atoms with Crippen molar-refractivity contribution in [3.05, 3.63) is 95.6 Å². The van der Waals surface area contributed by atoms with Crippen LogP contribution in [0.3, 0.4) is 0 Å². The van der Waals surface area contributed by atoms with E-state index < -0.39 is 0 Å². The van der Waals surface area contributed by atoms with Gasteiger partial charge in [0.25, 0.3) is 5.91 Å². The number of benzene rings is 2. The molecule has 0 spiro atoms. The molecule has 3 aromatic rings. The number of halogens is 1. The summed E-state index contributed by atoms with van der Waals surface area (Å²) in [6, 6.07) is 19.4. The molecule has 4 rings (SSSR count). The molecule has 148 valence electrons. The Bertz CT molecular complexity index is 972. The topological polar surface area (TPSA) is 42.4 Å². The van der Waals surface area contributed by atoms with Crippen LogP contribution in [0.4, 0.5) is 4.39 Å². The normalized spacial score (nSPS) is 14.3. The predicted molar refractivity (Wildman–Crippen MR) is 109 cm³/mol. The van der Waals surface area contributed by atoms with Crippen molar-refractivity contribution in [2.45, 2.75) is 38.5 Å². The fourth-order valence-electron chi connectivity index (χ4n) is 3.39. The van der Waals surface area contributed by atoms with Crippen LogP contribution < -0.4 is 4.74 Å². The van der Waals surface area contributed by atoms with E-state index in [1.54, 1.807) is 24.4 Å². The molecule has 1 aromatic heterocycles. The highest BCUT2D eigenvalue weighted by Gasteiger charge is 2.37. The van der Waals surface area contributed by atoms with Crippen LogP contribution in [0, 0.1) is 5.82 Å². The molecule has 1 heterocycles. The van der Waals surface area contributed by atoms with E-state index in [4.69, 9.17) is 4.74 Å². The number of aromatic nitrogens is 1. The number of amides is 1. The zero-order valence-electron chi connectivity index (χ0n) is 16.3. The van der Waals surface area contributed by atoms with E-state index in [0.717, 1.165) is 24.1 Å². The minimum atomic E-state index is -0.275. The van der Waals surface area contributed by atoms with Gasteiger partial charge in [-0.1, -0.05) is 24.3 Å². The van der Waals surface area contributed by atoms with Gasteiger partial charge in [-0.2, -0.15) is 0 Å². The van der Waals surface area contributed by atoms with Crippen LogP contribution in [0.5, 0.6) is 5.75 Å². The van der Waals surface area contributed by atoms with Crippen LogP contribution in [0.1, 0.15) is 47.4 Å². The molecule has 1 amide bonds. The van der Waals surface area contributed by atoms with E-state index in [0.29, 0.717) is 17.9 Å². The zero-order valence-corrected chi connectivity index (χ0v) is 16.3. The van der Waals surface area contributed by atoms with Crippen LogP contribution in [-0.2, 0) is 6.61 Å². The lowest BCUT2D eigenvalue weighted by Gasteiger charge is -2.29. The van der Waals surface area contributed by atoms with Crippen molar-refractivity contribution in [3.63, 3.8) is 0 Å². The van der Waals surface area contributed by atoms with Gasteiger partial charge in [0, 0.05) is 17.8 Å². The lowest BCUT2D eigenvalue weighted by atomic mass is 10.1. The molecule has 2 aromatic carbocycles. The van der Waals surface area contributed by atoms with Crippen LogP contribution in [-0.4, -0.2) is 21.8 Å². The Morgan fingerprint density at radius 3 is 2.62 bits per heavy atom. The van der Waals surface area contributed by atoms with Crippen LogP contribution >= 0.6 is 0 Å². The highest BCUT2D eigenvalue weighted by Crippen LogP contribution is 2.35. The van der Waals surface area contributed by atoms with Gasteiger partial charge in [0.1, 0.15) is 18.2 Å². The maximum absolute atomic E-state index is 13.3. The summed E-state index contributed by atoms with van der Waals surface area (Å²) >= 11 is 0. The molecule has 1 atom stereocenters. The van der Waals surface area contributed by atoms with Crippen molar-refractivity contribution in [3.8, 4) is 5.75 Å². The van der Waals surface area contributed by atoms with Crippen molar-refractivity contribution in [1.82, 2.24) is 9.88 Å². The third kappa shape index (κ3) is 4.62. The summed E-state index contributed by atoms with van der Waals surface area (Å²) in [5.74, 6) is 0.322. The lowest BCUT2D eigenvalue weighted by molar-refractivity contribution is 0.0669. The molecule has 29 heavy (non-hydrogen) atoms. The molecule has 1 fully saturated rings. The smallest absolute Gasteiger partial charge is 0.254 e. The molecule has 0 aliphatic heterocycles. The highest BCUT2D eigenvalue weighted by molar-refractivity contribution is 5.95. The van der Waals surface area contributed by atoms with Crippen molar-refractivity contribution in [2.75, 3.05) is 0 Å². The molecule has 1 saturated carbocycles. The summed E-state index contributed by atoms with van der Waals surface area (Å²) in [7, 11) is 0. The maximum Gasteiger partial charge on any atom is 0.254 e. The molecule has 1 unspecified atom stereocenters. The van der Waals surface area contributed by atoms with Gasteiger partial charge >= 0.3 is 0 Å². The second-order valence-electron chi connectivity index (χ2n) is 7.32. The van der Waals surface area contributed by atoms with Gasteiger partial charge < -0.3 is 9.64 Å². The van der Waals surface area contributed by atoms with Crippen LogP contribution in [0.25, 0.3) is 0 Å². The number of rotatable bonds is 7. The molecule has 0 saturated heterocycles. The van der Waals surface area contributed by atoms with Crippen LogP contribution in [0.2, 0.25) is 0 Å². The van der Waals surface area contributed by atoms with Gasteiger partial charge in [0.2, 0.25) is 0 Å². The number of carbonyl (C=O) groups is 1. The van der Waals surface area contributed by atoms with E-state index in [1.807, 2.05) is 48.2 Å². The molecule has 0 N–H and O–H groups in total. The van der Waals surface area contributed by atoms with Crippen molar-refractivity contribution < 1.29 is 13.9 Å². The fraction of sp³-hybridized carbons (Fsp3) is 0.250. The summed E-state index contributed by atoms with van der Waals surface area (Å²) in [5, 5.41) is 0. The van der Waals surface area contributed by atoms with Gasteiger partial charge in [-0.3, -0.25) is 9.78 Å². The van der Waals surface area contributed by atoms with Crippen LogP contribution in [0.15, 0.2) is 72.9 Å². The Kier molecular flexibility index (Phi) is 5.56. The minimum absolute atomic E-state index is 0.0158. The Labute approximate surface area is 170 Å². The maximum atomic E-state index is 13.3. The monoisotopic (exact) mass is 390 g/mol. The number of ether oxygens (including phenoxy) is 1. The van der Waals surface area contributed by atoms with E-state index in [-0.39, 0.29) is 23.8 Å². The summed E-state index contributed by atoms with van der Waals surface area (Å²) in [5.41, 5.74) is 2.35. The Balaban J connectivity index is 1.50. The Morgan fingerprint density at radius 1 is 1.14 bits per heavy atom. The minimum Gasteiger partial charge on any atom is -0.489 e. The first-order chi connectivity index (χ1) is 14.1. The fourth-order valence-corrected chi connectivity index (χ4v) is 3.39. The van der Waals surface area contributed by atoms with Gasteiger partial charge in [0.05, 0.1) is 11.7 Å². The first kappa shape index (κ1) is 19.1. The van der Waals surface area contributed by atoms with Gasteiger partial charge in [-0.25, -0.2) is 4.39 Å². The molecule has 4 nitrogen and oxygen atoms in total. The third-order valence-corrected chi connectivity index (χ3v) is 5.11. The third-order valence-electron chi connectivity index (χ3n) is 5.11. The summed E-state index contributed by atoms with van der Waals surface area (Å²) in [6.07, 6.45) is 3.79. The SMILES string of the molecule is CC(c1ccccn1)N(C(=O)c1cccc(OCc2ccc(F)cc2)c1)C1CC1. The molecular formula is C24H23FN2O2. The van der Waals surface area contributed by atoms with E-state index in [2.05, 4.69) is 4.98 Å². The number of nitrogens with zero attached hydrogens (tertiary/aromatic N) is 2. The zero-order chi connectivity index (χ0) is 20.2. The molecular weight excluding hydrogens is 367 g/mol. The number of hydrogen-bond acceptors (Lipinski definition) is 3. The quantitative estimate of drug-likeness (QED) is 0.559. The second-order valence-corrected chi connectivity index (χ2v) is 7.32. The molecule has 1 aliphatic rings. The number of pyridine rings is 1. The predicted octanol–water partition coefficient (Wildman–Crippen LogP) is 5.17. The van der Waals surface area contributed by atoms with Gasteiger partial charge in [-0.15, -0.1) is 0 Å². The van der Waals surface area contributed by atoms with Gasteiger partial charge in [-0.05, 0) is 67.8 Å². The van der Waals surface area contributed by atoms with Crippen molar-refractivity contribution in [1.29, 1.82) is 0 Å². The summed E-state index contributed by atoms with van der Waals surface area (Å²) in [4.78, 5) is 19.7. The molecule has 0 radical (unpaired) electrons. The van der Waals surface area contributed by atoms with E-state index in [9.17, 15) is 9.18 Å². The standard InChI is InChI=1S/C24H23FN2O2/c1-17(23-7-2-3-14-26-23)27(21-12-13-21)24(28)19-5-4-6-22(15-19)29-16-18-8-10-20(25)11-9-18/h2-11,14-15,17,21H,12-13,16H2,1H3. The average molecular weight is 390 g/mol. The highest BCUT2D eigenvalue weighted by atomic mass is 19.1. The first-order valence-electron chi connectivity index (χ1n) is 9.83. The number of carbonyl (C=O) groups excluding carboxylic acids is 1. The molecule has 1 aliphatic carbocycles. The number of hydrogen-bond donors (Lipinski definition) is 0. The molecule has 5 heteroatoms. The van der Waals surface area contributed by atoms with E-state index in [1.165, 1.54) is 12.1 Å². The van der Waals surface area contributed by atoms with Crippen molar-refractivity contribution >= 4 is 5.91 Å². The van der Waals surface area contributed by atoms with Gasteiger partial charge in [0.15, 0.2) is 0 Å².